The van der Waals surface area contributed by atoms with Crippen LogP contribution in [0.4, 0.5) is 13.2 Å². The first-order valence-corrected chi connectivity index (χ1v) is 12.5. The first kappa shape index (κ1) is 23.4. The molecule has 3 aromatic rings. The number of Topliss-reactive ketones (excluding diaryl/α,β-unsaturated/α-hetero) is 1. The summed E-state index contributed by atoms with van der Waals surface area (Å²) in [6, 6.07) is 4.45. The number of rotatable bonds is 7. The quantitative estimate of drug-likeness (QED) is 0.491. The van der Waals surface area contributed by atoms with Gasteiger partial charge in [-0.1, -0.05) is 19.1 Å². The number of hydrogen-bond acceptors (Lipinski definition) is 5. The number of carbonyl (C=O) groups is 1. The zero-order chi connectivity index (χ0) is 23.9. The fourth-order valence-corrected chi connectivity index (χ4v) is 6.27. The number of aromatic amines is 1. The normalized spacial score (nSPS) is 18.8. The lowest BCUT2D eigenvalue weighted by Crippen LogP contribution is -2.17. The van der Waals surface area contributed by atoms with Gasteiger partial charge in [0.25, 0.3) is 0 Å². The third-order valence-corrected chi connectivity index (χ3v) is 7.81. The molecule has 0 aliphatic heterocycles. The molecule has 1 saturated carbocycles. The molecule has 6 nitrogen and oxygen atoms in total. The van der Waals surface area contributed by atoms with Crippen molar-refractivity contribution in [1.29, 1.82) is 0 Å². The Bertz CT molecular complexity index is 1340. The summed E-state index contributed by atoms with van der Waals surface area (Å²) < 4.78 is 70.4. The highest BCUT2D eigenvalue weighted by atomic mass is 32.2. The van der Waals surface area contributed by atoms with E-state index in [2.05, 4.69) is 10.2 Å². The number of halogens is 3. The lowest BCUT2D eigenvalue weighted by Gasteiger charge is -2.13. The largest absolute Gasteiger partial charge is 0.393 e. The van der Waals surface area contributed by atoms with Crippen LogP contribution in [0.25, 0.3) is 22.0 Å². The van der Waals surface area contributed by atoms with Gasteiger partial charge in [-0.3, -0.25) is 9.89 Å². The van der Waals surface area contributed by atoms with E-state index in [4.69, 9.17) is 0 Å². The van der Waals surface area contributed by atoms with Crippen molar-refractivity contribution >= 4 is 26.5 Å². The van der Waals surface area contributed by atoms with E-state index < -0.39 is 50.3 Å². The van der Waals surface area contributed by atoms with Crippen LogP contribution < -0.4 is 0 Å². The minimum atomic E-state index is -3.75. The highest BCUT2D eigenvalue weighted by molar-refractivity contribution is 7.90. The number of aliphatic hydroxyl groups is 1. The molecule has 2 unspecified atom stereocenters. The van der Waals surface area contributed by atoms with Gasteiger partial charge in [-0.15, -0.1) is 0 Å². The van der Waals surface area contributed by atoms with Crippen molar-refractivity contribution in [3.63, 3.8) is 0 Å². The molecular weight excluding hydrogens is 457 g/mol. The molecule has 0 amide bonds. The van der Waals surface area contributed by atoms with Gasteiger partial charge < -0.3 is 5.11 Å². The number of hydrogen-bond donors (Lipinski definition) is 2. The standard InChI is InChI=1S/C23H23F3N2O4S/c1-2-18(30)22-16-7-6-15(21(26)23(16)28-27-22)19-17(24)8-4-13(20(19)25)11-33(31,32)10-12-3-5-14(29)9-12/h4,6-8,12,14,29H,2-3,5,9-11H2,1H3,(H,27,28). The number of aliphatic hydroxyl groups excluding tert-OH is 1. The molecule has 4 rings (SSSR count). The van der Waals surface area contributed by atoms with Gasteiger partial charge in [-0.25, -0.2) is 21.6 Å². The van der Waals surface area contributed by atoms with Crippen LogP contribution in [0.1, 0.15) is 48.7 Å². The van der Waals surface area contributed by atoms with Gasteiger partial charge in [0, 0.05) is 22.9 Å². The van der Waals surface area contributed by atoms with E-state index in [-0.39, 0.29) is 46.0 Å². The van der Waals surface area contributed by atoms with Gasteiger partial charge in [0.15, 0.2) is 21.4 Å². The Balaban J connectivity index is 1.71. The average molecular weight is 481 g/mol. The van der Waals surface area contributed by atoms with Crippen LogP contribution in [0.3, 0.4) is 0 Å². The Morgan fingerprint density at radius 2 is 1.91 bits per heavy atom. The number of sulfone groups is 1. The summed E-state index contributed by atoms with van der Waals surface area (Å²) in [7, 11) is -3.75. The predicted molar refractivity (Wildman–Crippen MR) is 117 cm³/mol. The molecule has 176 valence electrons. The maximum Gasteiger partial charge on any atom is 0.180 e. The van der Waals surface area contributed by atoms with Crippen LogP contribution in [-0.2, 0) is 15.6 Å². The van der Waals surface area contributed by atoms with Crippen molar-refractivity contribution in [3.05, 3.63) is 53.0 Å². The SMILES string of the molecule is CCC(=O)c1[nH]nc2c(F)c(-c3c(F)ccc(CS(=O)(=O)CC4CCC(O)C4)c3F)ccc12. The highest BCUT2D eigenvalue weighted by Gasteiger charge is 2.29. The molecule has 1 heterocycles. The van der Waals surface area contributed by atoms with Gasteiger partial charge >= 0.3 is 0 Å². The van der Waals surface area contributed by atoms with Crippen molar-refractivity contribution in [2.45, 2.75) is 44.5 Å². The Morgan fingerprint density at radius 1 is 1.15 bits per heavy atom. The molecule has 1 aliphatic carbocycles. The molecule has 0 saturated heterocycles. The predicted octanol–water partition coefficient (Wildman–Crippen LogP) is 4.32. The van der Waals surface area contributed by atoms with E-state index in [1.807, 2.05) is 0 Å². The number of carbonyl (C=O) groups excluding carboxylic acids is 1. The molecule has 1 aromatic heterocycles. The van der Waals surface area contributed by atoms with Gasteiger partial charge in [-0.05, 0) is 37.3 Å². The Morgan fingerprint density at radius 3 is 2.58 bits per heavy atom. The molecule has 33 heavy (non-hydrogen) atoms. The summed E-state index contributed by atoms with van der Waals surface area (Å²) in [5.41, 5.74) is -1.51. The monoisotopic (exact) mass is 480 g/mol. The van der Waals surface area contributed by atoms with Gasteiger partial charge in [0.2, 0.25) is 0 Å². The Hall–Kier alpha value is -2.72. The number of ketones is 1. The second-order valence-electron chi connectivity index (χ2n) is 8.48. The molecule has 1 fully saturated rings. The molecule has 2 N–H and O–H groups in total. The summed E-state index contributed by atoms with van der Waals surface area (Å²) in [6.45, 7) is 1.64. The van der Waals surface area contributed by atoms with E-state index in [0.29, 0.717) is 19.3 Å². The summed E-state index contributed by atoms with van der Waals surface area (Å²) in [6.07, 6.45) is 1.09. The van der Waals surface area contributed by atoms with Gasteiger partial charge in [-0.2, -0.15) is 5.10 Å². The number of benzene rings is 2. The summed E-state index contributed by atoms with van der Waals surface area (Å²) in [5.74, 6) is -4.61. The minimum Gasteiger partial charge on any atom is -0.393 e. The smallest absolute Gasteiger partial charge is 0.180 e. The maximum atomic E-state index is 15.3. The number of fused-ring (bicyclic) bond motifs is 1. The molecule has 0 radical (unpaired) electrons. The van der Waals surface area contributed by atoms with Crippen molar-refractivity contribution in [3.8, 4) is 11.1 Å². The minimum absolute atomic E-state index is 0.107. The van der Waals surface area contributed by atoms with E-state index in [0.717, 1.165) is 18.2 Å². The number of nitrogens with one attached hydrogen (secondary N) is 1. The Labute approximate surface area is 188 Å². The second-order valence-corrected chi connectivity index (χ2v) is 10.6. The van der Waals surface area contributed by atoms with E-state index in [9.17, 15) is 22.7 Å². The zero-order valence-electron chi connectivity index (χ0n) is 17.9. The topological polar surface area (TPSA) is 100 Å². The molecule has 10 heteroatoms. The fourth-order valence-electron chi connectivity index (χ4n) is 4.44. The summed E-state index contributed by atoms with van der Waals surface area (Å²) in [5, 5.41) is 16.1. The van der Waals surface area contributed by atoms with Crippen molar-refractivity contribution in [1.82, 2.24) is 10.2 Å². The highest BCUT2D eigenvalue weighted by Crippen LogP contribution is 2.35. The third-order valence-electron chi connectivity index (χ3n) is 6.08. The zero-order valence-corrected chi connectivity index (χ0v) is 18.7. The number of nitrogens with zero attached hydrogens (tertiary/aromatic N) is 1. The van der Waals surface area contributed by atoms with Crippen molar-refractivity contribution in [2.75, 3.05) is 5.75 Å². The first-order valence-electron chi connectivity index (χ1n) is 10.7. The summed E-state index contributed by atoms with van der Waals surface area (Å²) in [4.78, 5) is 12.0. The lowest BCUT2D eigenvalue weighted by atomic mass is 9.99. The average Bonchev–Trinajstić information content (AvgIpc) is 3.37. The van der Waals surface area contributed by atoms with Crippen molar-refractivity contribution in [2.24, 2.45) is 5.92 Å². The van der Waals surface area contributed by atoms with Crippen LogP contribution in [0, 0.1) is 23.4 Å². The molecular formula is C23H23F3N2O4S. The second kappa shape index (κ2) is 8.90. The molecule has 0 spiro atoms. The molecule has 2 aromatic carbocycles. The number of aromatic nitrogens is 2. The van der Waals surface area contributed by atoms with Crippen LogP contribution >= 0.6 is 0 Å². The third kappa shape index (κ3) is 4.54. The fraction of sp³-hybridized carbons (Fsp3) is 0.391. The molecule has 2 atom stereocenters. The first-order chi connectivity index (χ1) is 15.6. The molecule has 1 aliphatic rings. The van der Waals surface area contributed by atoms with Crippen LogP contribution in [0.15, 0.2) is 24.3 Å². The van der Waals surface area contributed by atoms with Gasteiger partial charge in [0.1, 0.15) is 22.8 Å². The maximum absolute atomic E-state index is 15.3. The van der Waals surface area contributed by atoms with Crippen molar-refractivity contribution < 1.29 is 31.5 Å². The van der Waals surface area contributed by atoms with Crippen LogP contribution in [0.5, 0.6) is 0 Å². The lowest BCUT2D eigenvalue weighted by molar-refractivity contribution is 0.0985. The molecule has 0 bridgehead atoms. The Kier molecular flexibility index (Phi) is 6.32. The van der Waals surface area contributed by atoms with Crippen LogP contribution in [-0.4, -0.2) is 41.4 Å². The van der Waals surface area contributed by atoms with E-state index in [1.54, 1.807) is 6.92 Å². The van der Waals surface area contributed by atoms with Crippen LogP contribution in [0.2, 0.25) is 0 Å². The van der Waals surface area contributed by atoms with E-state index >= 15 is 8.78 Å². The van der Waals surface area contributed by atoms with E-state index in [1.165, 1.54) is 6.07 Å². The number of H-pyrrole nitrogens is 1. The van der Waals surface area contributed by atoms with Gasteiger partial charge in [0.05, 0.1) is 23.2 Å². The summed E-state index contributed by atoms with van der Waals surface area (Å²) >= 11 is 0.